The van der Waals surface area contributed by atoms with E-state index in [9.17, 15) is 0 Å². The molecule has 1 saturated heterocycles. The van der Waals surface area contributed by atoms with E-state index in [0.717, 1.165) is 50.2 Å². The van der Waals surface area contributed by atoms with E-state index in [2.05, 4.69) is 40.4 Å². The van der Waals surface area contributed by atoms with Crippen LogP contribution in [0.1, 0.15) is 32.4 Å². The predicted octanol–water partition coefficient (Wildman–Crippen LogP) is 2.53. The van der Waals surface area contributed by atoms with Gasteiger partial charge in [-0.3, -0.25) is 9.98 Å². The summed E-state index contributed by atoms with van der Waals surface area (Å²) in [6.45, 7) is 10.5. The van der Waals surface area contributed by atoms with Gasteiger partial charge in [0.1, 0.15) is 0 Å². The highest BCUT2D eigenvalue weighted by atomic mass is 127. The Morgan fingerprint density at radius 1 is 1.38 bits per heavy atom. The van der Waals surface area contributed by atoms with Gasteiger partial charge in [-0.15, -0.1) is 24.0 Å². The second-order valence-electron chi connectivity index (χ2n) is 6.31. The van der Waals surface area contributed by atoms with Crippen molar-refractivity contribution in [3.05, 3.63) is 30.1 Å². The van der Waals surface area contributed by atoms with Crippen molar-refractivity contribution in [2.45, 2.75) is 33.1 Å². The van der Waals surface area contributed by atoms with Crippen LogP contribution in [0.15, 0.2) is 29.4 Å². The van der Waals surface area contributed by atoms with Crippen molar-refractivity contribution in [2.24, 2.45) is 10.9 Å². The molecule has 0 radical (unpaired) electrons. The van der Waals surface area contributed by atoms with Crippen molar-refractivity contribution in [1.82, 2.24) is 20.5 Å². The maximum atomic E-state index is 4.70. The van der Waals surface area contributed by atoms with E-state index < -0.39 is 0 Å². The lowest BCUT2D eigenvalue weighted by molar-refractivity contribution is 0.189. The Morgan fingerprint density at radius 2 is 2.25 bits per heavy atom. The van der Waals surface area contributed by atoms with Crippen LogP contribution in [0.3, 0.4) is 0 Å². The highest BCUT2D eigenvalue weighted by Gasteiger charge is 2.15. The normalized spacial score (nSPS) is 18.8. The number of piperidine rings is 1. The van der Waals surface area contributed by atoms with Crippen molar-refractivity contribution < 1.29 is 0 Å². The van der Waals surface area contributed by atoms with Gasteiger partial charge in [0.15, 0.2) is 5.96 Å². The average Bonchev–Trinajstić information content (AvgIpc) is 2.56. The molecule has 1 aromatic rings. The van der Waals surface area contributed by atoms with Crippen LogP contribution >= 0.6 is 24.0 Å². The minimum absolute atomic E-state index is 0. The Hall–Kier alpha value is -0.890. The summed E-state index contributed by atoms with van der Waals surface area (Å²) in [4.78, 5) is 11.6. The molecule has 0 aliphatic carbocycles. The van der Waals surface area contributed by atoms with Crippen LogP contribution in [0.25, 0.3) is 0 Å². The Kier molecular flexibility index (Phi) is 11.0. The first-order chi connectivity index (χ1) is 11.3. The molecule has 136 valence electrons. The monoisotopic (exact) mass is 445 g/mol. The Balaban J connectivity index is 0.00000288. The number of aliphatic imine (C=N–C) groups is 1. The largest absolute Gasteiger partial charge is 0.357 e. The van der Waals surface area contributed by atoms with Crippen LogP contribution in [0.5, 0.6) is 0 Å². The molecule has 0 saturated carbocycles. The van der Waals surface area contributed by atoms with Gasteiger partial charge in [0.2, 0.25) is 0 Å². The van der Waals surface area contributed by atoms with Crippen molar-refractivity contribution in [1.29, 1.82) is 0 Å². The summed E-state index contributed by atoms with van der Waals surface area (Å²) in [7, 11) is 0. The fraction of sp³-hybridized carbons (Fsp3) is 0.667. The van der Waals surface area contributed by atoms with Gasteiger partial charge < -0.3 is 15.5 Å². The van der Waals surface area contributed by atoms with Crippen molar-refractivity contribution in [3.8, 4) is 0 Å². The van der Waals surface area contributed by atoms with Gasteiger partial charge in [-0.25, -0.2) is 0 Å². The Labute approximate surface area is 163 Å². The van der Waals surface area contributed by atoms with E-state index in [1.165, 1.54) is 25.9 Å². The second kappa shape index (κ2) is 12.5. The van der Waals surface area contributed by atoms with Gasteiger partial charge in [-0.2, -0.15) is 0 Å². The van der Waals surface area contributed by atoms with E-state index in [0.29, 0.717) is 0 Å². The molecule has 24 heavy (non-hydrogen) atoms. The molecule has 1 aliphatic heterocycles. The molecule has 0 bridgehead atoms. The third-order valence-corrected chi connectivity index (χ3v) is 4.17. The summed E-state index contributed by atoms with van der Waals surface area (Å²) in [5.74, 6) is 1.74. The molecule has 5 nitrogen and oxygen atoms in total. The fourth-order valence-electron chi connectivity index (χ4n) is 2.99. The molecule has 1 unspecified atom stereocenters. The van der Waals surface area contributed by atoms with Gasteiger partial charge in [-0.05, 0) is 44.4 Å². The highest BCUT2D eigenvalue weighted by Crippen LogP contribution is 2.14. The van der Waals surface area contributed by atoms with Crippen LogP contribution in [0, 0.1) is 5.92 Å². The zero-order valence-corrected chi connectivity index (χ0v) is 17.3. The van der Waals surface area contributed by atoms with E-state index in [1.807, 2.05) is 18.3 Å². The number of aromatic nitrogens is 1. The number of hydrogen-bond donors (Lipinski definition) is 2. The molecule has 1 atom stereocenters. The molecule has 0 aromatic carbocycles. The van der Waals surface area contributed by atoms with Gasteiger partial charge in [0.05, 0.1) is 6.54 Å². The van der Waals surface area contributed by atoms with Crippen LogP contribution in [-0.4, -0.2) is 55.1 Å². The van der Waals surface area contributed by atoms with Crippen LogP contribution in [-0.2, 0) is 6.42 Å². The number of pyridine rings is 1. The first-order valence-electron chi connectivity index (χ1n) is 8.92. The number of halogens is 1. The van der Waals surface area contributed by atoms with E-state index >= 15 is 0 Å². The number of likely N-dealkylation sites (tertiary alicyclic amines) is 1. The standard InChI is InChI=1S/C18H31N5.HI/c1-3-19-18(21-11-9-17-8-4-5-10-20-17)22-12-14-23-13-6-7-16(2)15-23;/h4-5,8,10,16H,3,6-7,9,11-15H2,1-2H3,(H2,19,21,22);1H. The Morgan fingerprint density at radius 3 is 2.96 bits per heavy atom. The molecule has 1 aliphatic rings. The van der Waals surface area contributed by atoms with Crippen LogP contribution in [0.4, 0.5) is 0 Å². The molecular weight excluding hydrogens is 413 g/mol. The fourth-order valence-corrected chi connectivity index (χ4v) is 2.99. The summed E-state index contributed by atoms with van der Waals surface area (Å²) in [6, 6.07) is 6.04. The van der Waals surface area contributed by atoms with E-state index in [1.54, 1.807) is 0 Å². The SMILES string of the molecule is CCNC(=NCCN1CCCC(C)C1)NCCc1ccccn1.I. The average molecular weight is 445 g/mol. The number of guanidine groups is 1. The number of nitrogens with zero attached hydrogens (tertiary/aromatic N) is 3. The summed E-state index contributed by atoms with van der Waals surface area (Å²) < 4.78 is 0. The smallest absolute Gasteiger partial charge is 0.191 e. The lowest BCUT2D eigenvalue weighted by Crippen LogP contribution is -2.40. The lowest BCUT2D eigenvalue weighted by atomic mass is 10.0. The quantitative estimate of drug-likeness (QED) is 0.385. The van der Waals surface area contributed by atoms with E-state index in [4.69, 9.17) is 4.99 Å². The Bertz CT molecular complexity index is 466. The third-order valence-electron chi connectivity index (χ3n) is 4.17. The molecule has 0 spiro atoms. The molecule has 2 N–H and O–H groups in total. The summed E-state index contributed by atoms with van der Waals surface area (Å²) >= 11 is 0. The molecule has 2 heterocycles. The number of rotatable bonds is 7. The summed E-state index contributed by atoms with van der Waals surface area (Å²) in [6.07, 6.45) is 5.45. The predicted molar refractivity (Wildman–Crippen MR) is 112 cm³/mol. The van der Waals surface area contributed by atoms with Crippen LogP contribution in [0.2, 0.25) is 0 Å². The molecule has 2 rings (SSSR count). The first-order valence-corrected chi connectivity index (χ1v) is 8.92. The zero-order chi connectivity index (χ0) is 16.3. The van der Waals surface area contributed by atoms with Crippen molar-refractivity contribution >= 4 is 29.9 Å². The van der Waals surface area contributed by atoms with Gasteiger partial charge in [-0.1, -0.05) is 13.0 Å². The molecule has 1 aromatic heterocycles. The molecule has 1 fully saturated rings. The topological polar surface area (TPSA) is 52.6 Å². The summed E-state index contributed by atoms with van der Waals surface area (Å²) in [5.41, 5.74) is 1.11. The maximum absolute atomic E-state index is 4.70. The zero-order valence-electron chi connectivity index (χ0n) is 15.0. The van der Waals surface area contributed by atoms with Crippen molar-refractivity contribution in [2.75, 3.05) is 39.3 Å². The third kappa shape index (κ3) is 8.28. The maximum Gasteiger partial charge on any atom is 0.191 e. The lowest BCUT2D eigenvalue weighted by Gasteiger charge is -2.30. The molecule has 0 amide bonds. The molecule has 6 heteroatoms. The summed E-state index contributed by atoms with van der Waals surface area (Å²) in [5, 5.41) is 6.71. The van der Waals surface area contributed by atoms with Gasteiger partial charge in [0.25, 0.3) is 0 Å². The highest BCUT2D eigenvalue weighted by molar-refractivity contribution is 14.0. The second-order valence-corrected chi connectivity index (χ2v) is 6.31. The minimum atomic E-state index is 0. The van der Waals surface area contributed by atoms with Crippen LogP contribution < -0.4 is 10.6 Å². The number of hydrogen-bond acceptors (Lipinski definition) is 3. The van der Waals surface area contributed by atoms with Gasteiger partial charge >= 0.3 is 0 Å². The van der Waals surface area contributed by atoms with E-state index in [-0.39, 0.29) is 24.0 Å². The van der Waals surface area contributed by atoms with Crippen molar-refractivity contribution in [3.63, 3.8) is 0 Å². The number of nitrogens with one attached hydrogen (secondary N) is 2. The first kappa shape index (κ1) is 21.2. The van der Waals surface area contributed by atoms with Gasteiger partial charge in [0, 0.05) is 44.5 Å². The minimum Gasteiger partial charge on any atom is -0.357 e. The molecular formula is C18H32IN5.